The van der Waals surface area contributed by atoms with Crippen molar-refractivity contribution >= 4 is 11.9 Å². The fraction of sp³-hybridized carbons (Fsp3) is 0.944. The van der Waals surface area contributed by atoms with Crippen molar-refractivity contribution in [1.82, 2.24) is 0 Å². The van der Waals surface area contributed by atoms with E-state index in [-0.39, 0.29) is 37.0 Å². The molecule has 0 rings (SSSR count). The summed E-state index contributed by atoms with van der Waals surface area (Å²) in [6.07, 6.45) is 33.8. The summed E-state index contributed by atoms with van der Waals surface area (Å²) in [5, 5.41) is 0. The van der Waals surface area contributed by atoms with Gasteiger partial charge in [0.05, 0.1) is 25.0 Å². The summed E-state index contributed by atoms with van der Waals surface area (Å²) in [6, 6.07) is 0. The summed E-state index contributed by atoms with van der Waals surface area (Å²) in [7, 11) is 0. The molecule has 0 fully saturated rings. The Labute approximate surface area is 250 Å². The van der Waals surface area contributed by atoms with Gasteiger partial charge in [0.2, 0.25) is 0 Å². The van der Waals surface area contributed by atoms with Crippen LogP contribution in [0.15, 0.2) is 0 Å². The van der Waals surface area contributed by atoms with Crippen molar-refractivity contribution in [3.05, 3.63) is 0 Å². The number of carbonyl (C=O) groups excluding carboxylic acids is 2. The average molecular weight is 567 g/mol. The first-order chi connectivity index (χ1) is 19.5. The summed E-state index contributed by atoms with van der Waals surface area (Å²) in [6.45, 7) is 8.47. The average Bonchev–Trinajstić information content (AvgIpc) is 2.93. The van der Waals surface area contributed by atoms with Crippen LogP contribution in [0.4, 0.5) is 0 Å². The second-order valence-corrected chi connectivity index (χ2v) is 12.5. The SMILES string of the molecule is CCCCCCCCCCCCCCC(C)OC(=O)CCC(=O)OC(C)CCCCCCCCCCCCCC. The van der Waals surface area contributed by atoms with E-state index in [1.54, 1.807) is 0 Å². The first kappa shape index (κ1) is 38.9. The largest absolute Gasteiger partial charge is 0.463 e. The van der Waals surface area contributed by atoms with Gasteiger partial charge in [-0.25, -0.2) is 0 Å². The van der Waals surface area contributed by atoms with Crippen LogP contribution in [0.5, 0.6) is 0 Å². The van der Waals surface area contributed by atoms with Crippen molar-refractivity contribution in [2.75, 3.05) is 0 Å². The van der Waals surface area contributed by atoms with Crippen LogP contribution < -0.4 is 0 Å². The topological polar surface area (TPSA) is 52.6 Å². The molecule has 0 saturated carbocycles. The minimum atomic E-state index is -0.281. The van der Waals surface area contributed by atoms with Crippen LogP contribution in [0.25, 0.3) is 0 Å². The highest BCUT2D eigenvalue weighted by Gasteiger charge is 2.14. The van der Waals surface area contributed by atoms with E-state index >= 15 is 0 Å². The molecule has 40 heavy (non-hydrogen) atoms. The molecule has 0 amide bonds. The minimum Gasteiger partial charge on any atom is -0.463 e. The van der Waals surface area contributed by atoms with E-state index in [9.17, 15) is 9.59 Å². The summed E-state index contributed by atoms with van der Waals surface area (Å²) in [5.74, 6) is -0.561. The fourth-order valence-electron chi connectivity index (χ4n) is 5.43. The highest BCUT2D eigenvalue weighted by atomic mass is 16.5. The van der Waals surface area contributed by atoms with Gasteiger partial charge in [0, 0.05) is 0 Å². The molecule has 0 N–H and O–H groups in total. The van der Waals surface area contributed by atoms with Crippen LogP contribution in [-0.2, 0) is 19.1 Å². The van der Waals surface area contributed by atoms with E-state index in [1.807, 2.05) is 13.8 Å². The summed E-state index contributed by atoms with van der Waals surface area (Å²) >= 11 is 0. The quantitative estimate of drug-likeness (QED) is 0.0618. The van der Waals surface area contributed by atoms with E-state index in [0.717, 1.165) is 25.7 Å². The molecule has 0 radical (unpaired) electrons. The zero-order valence-corrected chi connectivity index (χ0v) is 27.6. The number of carbonyl (C=O) groups is 2. The van der Waals surface area contributed by atoms with Crippen molar-refractivity contribution < 1.29 is 19.1 Å². The molecule has 4 nitrogen and oxygen atoms in total. The van der Waals surface area contributed by atoms with Gasteiger partial charge in [-0.3, -0.25) is 9.59 Å². The van der Waals surface area contributed by atoms with Gasteiger partial charge in [0.15, 0.2) is 0 Å². The maximum atomic E-state index is 12.1. The summed E-state index contributed by atoms with van der Waals surface area (Å²) < 4.78 is 11.0. The molecule has 0 aliphatic heterocycles. The highest BCUT2D eigenvalue weighted by molar-refractivity contribution is 5.77. The molecule has 0 aromatic carbocycles. The molecule has 0 spiro atoms. The molecule has 0 heterocycles. The molecule has 0 saturated heterocycles. The lowest BCUT2D eigenvalue weighted by atomic mass is 10.0. The molecule has 4 heteroatoms. The Hall–Kier alpha value is -1.06. The van der Waals surface area contributed by atoms with E-state index in [0.29, 0.717) is 0 Å². The summed E-state index contributed by atoms with van der Waals surface area (Å²) in [4.78, 5) is 24.3. The molecular weight excluding hydrogens is 496 g/mol. The van der Waals surface area contributed by atoms with Crippen LogP contribution in [-0.4, -0.2) is 24.1 Å². The zero-order chi connectivity index (χ0) is 29.5. The van der Waals surface area contributed by atoms with Crippen molar-refractivity contribution in [3.8, 4) is 0 Å². The second kappa shape index (κ2) is 30.9. The Kier molecular flexibility index (Phi) is 30.1. The van der Waals surface area contributed by atoms with E-state index in [2.05, 4.69) is 13.8 Å². The first-order valence-corrected chi connectivity index (χ1v) is 17.9. The number of esters is 2. The lowest BCUT2D eigenvalue weighted by Gasteiger charge is -2.15. The maximum Gasteiger partial charge on any atom is 0.306 e. The number of hydrogen-bond donors (Lipinski definition) is 0. The Morgan fingerprint density at radius 2 is 0.625 bits per heavy atom. The van der Waals surface area contributed by atoms with Crippen molar-refractivity contribution in [3.63, 3.8) is 0 Å². The second-order valence-electron chi connectivity index (χ2n) is 12.5. The van der Waals surface area contributed by atoms with Gasteiger partial charge in [-0.15, -0.1) is 0 Å². The number of hydrogen-bond acceptors (Lipinski definition) is 4. The molecule has 2 unspecified atom stereocenters. The molecule has 2 atom stereocenters. The third kappa shape index (κ3) is 29.9. The van der Waals surface area contributed by atoms with Crippen LogP contribution in [0.1, 0.15) is 207 Å². The van der Waals surface area contributed by atoms with Gasteiger partial charge in [-0.1, -0.05) is 155 Å². The monoisotopic (exact) mass is 567 g/mol. The number of unbranched alkanes of at least 4 members (excludes halogenated alkanes) is 22. The molecule has 0 bridgehead atoms. The first-order valence-electron chi connectivity index (χ1n) is 17.9. The fourth-order valence-corrected chi connectivity index (χ4v) is 5.43. The van der Waals surface area contributed by atoms with Crippen LogP contribution in [0.2, 0.25) is 0 Å². The van der Waals surface area contributed by atoms with Gasteiger partial charge in [-0.05, 0) is 39.5 Å². The molecule has 0 aromatic rings. The highest BCUT2D eigenvalue weighted by Crippen LogP contribution is 2.16. The predicted octanol–water partition coefficient (Wildman–Crippen LogP) is 11.8. The van der Waals surface area contributed by atoms with Gasteiger partial charge < -0.3 is 9.47 Å². The van der Waals surface area contributed by atoms with Gasteiger partial charge in [0.1, 0.15) is 0 Å². The van der Waals surface area contributed by atoms with Crippen molar-refractivity contribution in [2.24, 2.45) is 0 Å². The smallest absolute Gasteiger partial charge is 0.306 e. The Morgan fingerprint density at radius 1 is 0.400 bits per heavy atom. The number of rotatable bonds is 31. The zero-order valence-electron chi connectivity index (χ0n) is 27.6. The van der Waals surface area contributed by atoms with E-state index < -0.39 is 0 Å². The lowest BCUT2D eigenvalue weighted by Crippen LogP contribution is -2.18. The normalized spacial score (nSPS) is 12.8. The standard InChI is InChI=1S/C36H70O4/c1-5-7-9-11-13-15-17-19-21-23-25-27-29-33(3)39-35(37)31-32-36(38)40-34(4)30-28-26-24-22-20-18-16-14-12-10-8-6-2/h33-34H,5-32H2,1-4H3. The molecule has 0 aliphatic rings. The minimum absolute atomic E-state index is 0.0728. The van der Waals surface area contributed by atoms with Crippen LogP contribution in [0, 0.1) is 0 Å². The Balaban J connectivity index is 3.53. The Bertz CT molecular complexity index is 499. The van der Waals surface area contributed by atoms with E-state index in [4.69, 9.17) is 9.47 Å². The third-order valence-electron chi connectivity index (χ3n) is 8.13. The molecular formula is C36H70O4. The van der Waals surface area contributed by atoms with Crippen LogP contribution in [0.3, 0.4) is 0 Å². The van der Waals surface area contributed by atoms with E-state index in [1.165, 1.54) is 141 Å². The molecule has 0 aromatic heterocycles. The lowest BCUT2D eigenvalue weighted by molar-refractivity contribution is -0.155. The molecule has 238 valence electrons. The maximum absolute atomic E-state index is 12.1. The predicted molar refractivity (Wildman–Crippen MR) is 172 cm³/mol. The van der Waals surface area contributed by atoms with Gasteiger partial charge in [0.25, 0.3) is 0 Å². The summed E-state index contributed by atoms with van der Waals surface area (Å²) in [5.41, 5.74) is 0. The third-order valence-corrected chi connectivity index (χ3v) is 8.13. The Morgan fingerprint density at radius 3 is 0.875 bits per heavy atom. The molecule has 0 aliphatic carbocycles. The number of ether oxygens (including phenoxy) is 2. The van der Waals surface area contributed by atoms with Crippen molar-refractivity contribution in [1.29, 1.82) is 0 Å². The van der Waals surface area contributed by atoms with Crippen LogP contribution >= 0.6 is 0 Å². The van der Waals surface area contributed by atoms with Gasteiger partial charge >= 0.3 is 11.9 Å². The van der Waals surface area contributed by atoms with Crippen molar-refractivity contribution in [2.45, 2.75) is 220 Å². The van der Waals surface area contributed by atoms with Gasteiger partial charge in [-0.2, -0.15) is 0 Å².